The number of rotatable bonds is 4. The van der Waals surface area contributed by atoms with Gasteiger partial charge in [0.1, 0.15) is 5.82 Å². The van der Waals surface area contributed by atoms with Crippen molar-refractivity contribution in [3.05, 3.63) is 81.7 Å². The number of allylic oxidation sites excluding steroid dienone is 3. The van der Waals surface area contributed by atoms with E-state index in [1.165, 1.54) is 32.8 Å². The molecule has 162 valence electrons. The summed E-state index contributed by atoms with van der Waals surface area (Å²) in [6.07, 6.45) is 10.4. The van der Waals surface area contributed by atoms with Crippen LogP contribution in [0.4, 0.5) is 0 Å². The van der Waals surface area contributed by atoms with Gasteiger partial charge in [0.15, 0.2) is 0 Å². The van der Waals surface area contributed by atoms with Crippen molar-refractivity contribution < 1.29 is 0 Å². The molecule has 0 aliphatic carbocycles. The second kappa shape index (κ2) is 8.58. The van der Waals surface area contributed by atoms with E-state index in [0.717, 1.165) is 40.3 Å². The van der Waals surface area contributed by atoms with E-state index in [1.807, 2.05) is 26.8 Å². The fraction of sp³-hybridized carbons (Fsp3) is 0.241. The number of hydrogen-bond donors (Lipinski definition) is 0. The molecule has 0 bridgehead atoms. The first kappa shape index (κ1) is 21.8. The second-order valence-corrected chi connectivity index (χ2v) is 8.14. The molecule has 0 saturated carbocycles. The van der Waals surface area contributed by atoms with Gasteiger partial charge in [0.05, 0.1) is 22.9 Å². The fourth-order valence-corrected chi connectivity index (χ4v) is 4.69. The minimum Gasteiger partial charge on any atom is -0.320 e. The summed E-state index contributed by atoms with van der Waals surface area (Å²) in [4.78, 5) is 9.99. The van der Waals surface area contributed by atoms with Crippen LogP contribution < -0.4 is 10.7 Å². The Kier molecular flexibility index (Phi) is 5.84. The van der Waals surface area contributed by atoms with Crippen molar-refractivity contribution in [2.24, 2.45) is 4.99 Å². The van der Waals surface area contributed by atoms with E-state index >= 15 is 0 Å². The largest absolute Gasteiger partial charge is 0.320 e. The van der Waals surface area contributed by atoms with Crippen molar-refractivity contribution in [3.63, 3.8) is 0 Å². The maximum atomic E-state index is 5.00. The lowest BCUT2D eigenvalue weighted by Crippen LogP contribution is -2.30. The molecule has 0 spiro atoms. The number of nitrogens with zero attached hydrogens (tertiary/aromatic N) is 3. The van der Waals surface area contributed by atoms with E-state index in [-0.39, 0.29) is 0 Å². The van der Waals surface area contributed by atoms with Crippen LogP contribution in [0.15, 0.2) is 59.3 Å². The predicted octanol–water partition coefficient (Wildman–Crippen LogP) is 5.99. The monoisotopic (exact) mass is 421 g/mol. The molecule has 4 rings (SSSR count). The van der Waals surface area contributed by atoms with Gasteiger partial charge in [0.25, 0.3) is 0 Å². The molecular formula is C29H31N3. The van der Waals surface area contributed by atoms with E-state index in [9.17, 15) is 0 Å². The van der Waals surface area contributed by atoms with Crippen LogP contribution in [0.25, 0.3) is 40.4 Å². The van der Waals surface area contributed by atoms with Crippen molar-refractivity contribution in [3.8, 4) is 11.4 Å². The topological polar surface area (TPSA) is 30.2 Å². The summed E-state index contributed by atoms with van der Waals surface area (Å²) in [5.74, 6) is 1.03. The summed E-state index contributed by atoms with van der Waals surface area (Å²) >= 11 is 0. The van der Waals surface area contributed by atoms with Gasteiger partial charge in [-0.2, -0.15) is 0 Å². The molecule has 1 aliphatic heterocycles. The van der Waals surface area contributed by atoms with Gasteiger partial charge in [-0.15, -0.1) is 0 Å². The highest BCUT2D eigenvalue weighted by Gasteiger charge is 2.23. The number of hydrogen-bond acceptors (Lipinski definition) is 2. The maximum Gasteiger partial charge on any atom is 0.142 e. The van der Waals surface area contributed by atoms with Gasteiger partial charge < -0.3 is 4.57 Å². The Morgan fingerprint density at radius 1 is 1.00 bits per heavy atom. The number of benzene rings is 2. The van der Waals surface area contributed by atoms with E-state index in [4.69, 9.17) is 9.98 Å². The van der Waals surface area contributed by atoms with Crippen molar-refractivity contribution in [1.29, 1.82) is 0 Å². The minimum absolute atomic E-state index is 0.814. The lowest BCUT2D eigenvalue weighted by atomic mass is 9.88. The van der Waals surface area contributed by atoms with Crippen LogP contribution in [0, 0.1) is 0 Å². The fourth-order valence-electron chi connectivity index (χ4n) is 4.69. The molecule has 0 radical (unpaired) electrons. The minimum atomic E-state index is 0.814. The Morgan fingerprint density at radius 2 is 1.78 bits per heavy atom. The maximum absolute atomic E-state index is 5.00. The zero-order valence-corrected chi connectivity index (χ0v) is 20.0. The number of aliphatic imine (C=N–C) groups is 1. The van der Waals surface area contributed by atoms with Gasteiger partial charge in [-0.1, -0.05) is 55.2 Å². The van der Waals surface area contributed by atoms with Gasteiger partial charge >= 0.3 is 0 Å². The molecular weight excluding hydrogens is 390 g/mol. The average molecular weight is 422 g/mol. The van der Waals surface area contributed by atoms with Gasteiger partial charge in [-0.05, 0) is 75.1 Å². The zero-order chi connectivity index (χ0) is 23.0. The molecule has 0 N–H and O–H groups in total. The lowest BCUT2D eigenvalue weighted by molar-refractivity contribution is 0.778. The first-order valence-electron chi connectivity index (χ1n) is 11.2. The molecule has 0 fully saturated rings. The van der Waals surface area contributed by atoms with Crippen LogP contribution in [0.3, 0.4) is 0 Å². The summed E-state index contributed by atoms with van der Waals surface area (Å²) < 4.78 is 2.33. The van der Waals surface area contributed by atoms with E-state index in [1.54, 1.807) is 0 Å². The van der Waals surface area contributed by atoms with Crippen LogP contribution in [-0.4, -0.2) is 15.3 Å². The third-order valence-electron chi connectivity index (χ3n) is 6.44. The van der Waals surface area contributed by atoms with Crippen LogP contribution in [0.1, 0.15) is 58.2 Å². The summed E-state index contributed by atoms with van der Waals surface area (Å²) in [5.41, 5.74) is 7.94. The van der Waals surface area contributed by atoms with E-state index < -0.39 is 0 Å². The molecule has 3 nitrogen and oxygen atoms in total. The van der Waals surface area contributed by atoms with Crippen LogP contribution in [0.5, 0.6) is 0 Å². The Balaban J connectivity index is 2.07. The summed E-state index contributed by atoms with van der Waals surface area (Å²) in [6, 6.07) is 8.82. The van der Waals surface area contributed by atoms with Crippen molar-refractivity contribution in [2.75, 3.05) is 0 Å². The SMILES string of the molecule is C=Cc1ccc2c3c(ccc(/C(C)=N/C(=C/C)C(/C)=C\C)c13)Cn1c-2nc(=C/C)/c1=C\C. The second-order valence-electron chi connectivity index (χ2n) is 8.14. The Labute approximate surface area is 190 Å². The molecule has 3 aromatic rings. The standard InChI is InChI=1S/C29H31N3/c1-8-18(6)24(10-3)30-19(7)22-15-14-21-17-32-26(12-5)25(11-4)31-29(32)23-16-13-20(9-2)27(22)28(21)23/h8-16H,2,17H2,1,3-7H3/b18-8-,24-10+,25-11+,26-12+,30-19+. The predicted molar refractivity (Wildman–Crippen MR) is 139 cm³/mol. The van der Waals surface area contributed by atoms with Gasteiger partial charge in [-0.25, -0.2) is 4.98 Å². The number of imidazole rings is 1. The quantitative estimate of drug-likeness (QED) is 0.294. The van der Waals surface area contributed by atoms with Gasteiger partial charge in [-0.3, -0.25) is 4.99 Å². The lowest BCUT2D eigenvalue weighted by Gasteiger charge is -2.22. The highest BCUT2D eigenvalue weighted by atomic mass is 15.1. The zero-order valence-electron chi connectivity index (χ0n) is 20.0. The third-order valence-corrected chi connectivity index (χ3v) is 6.44. The number of fused-ring (bicyclic) bond motifs is 2. The van der Waals surface area contributed by atoms with Crippen molar-refractivity contribution in [2.45, 2.75) is 48.1 Å². The molecule has 0 unspecified atom stereocenters. The normalized spacial score (nSPS) is 15.5. The van der Waals surface area contributed by atoms with Crippen LogP contribution in [-0.2, 0) is 6.54 Å². The van der Waals surface area contributed by atoms with Crippen LogP contribution in [0.2, 0.25) is 0 Å². The number of aromatic nitrogens is 2. The van der Waals surface area contributed by atoms with Crippen LogP contribution >= 0.6 is 0 Å². The first-order valence-corrected chi connectivity index (χ1v) is 11.2. The molecule has 0 amide bonds. The summed E-state index contributed by atoms with van der Waals surface area (Å²) in [7, 11) is 0. The molecule has 0 saturated heterocycles. The Morgan fingerprint density at radius 3 is 2.41 bits per heavy atom. The van der Waals surface area contributed by atoms with E-state index in [0.29, 0.717) is 0 Å². The highest BCUT2D eigenvalue weighted by molar-refractivity contribution is 6.16. The molecule has 2 aromatic carbocycles. The molecule has 3 heteroatoms. The summed E-state index contributed by atoms with van der Waals surface area (Å²) in [6.45, 7) is 17.3. The third kappa shape index (κ3) is 3.29. The smallest absolute Gasteiger partial charge is 0.142 e. The molecule has 32 heavy (non-hydrogen) atoms. The molecule has 0 atom stereocenters. The Hall–Kier alpha value is -3.46. The van der Waals surface area contributed by atoms with Gasteiger partial charge in [0, 0.05) is 16.8 Å². The van der Waals surface area contributed by atoms with Crippen molar-refractivity contribution in [1.82, 2.24) is 9.55 Å². The molecule has 1 aromatic heterocycles. The average Bonchev–Trinajstić information content (AvgIpc) is 3.19. The highest BCUT2D eigenvalue weighted by Crippen LogP contribution is 2.38. The molecule has 2 heterocycles. The Bertz CT molecular complexity index is 1460. The summed E-state index contributed by atoms with van der Waals surface area (Å²) in [5, 5.41) is 4.69. The van der Waals surface area contributed by atoms with Crippen molar-refractivity contribution >= 4 is 34.7 Å². The van der Waals surface area contributed by atoms with Gasteiger partial charge in [0.2, 0.25) is 0 Å². The molecule has 1 aliphatic rings. The van der Waals surface area contributed by atoms with E-state index in [2.05, 4.69) is 80.5 Å². The first-order chi connectivity index (χ1) is 15.5.